The van der Waals surface area contributed by atoms with Crippen molar-refractivity contribution in [2.75, 3.05) is 0 Å². The van der Waals surface area contributed by atoms with Gasteiger partial charge in [0.15, 0.2) is 5.65 Å². The van der Waals surface area contributed by atoms with Crippen LogP contribution in [0, 0.1) is 5.82 Å². The molecule has 4 nitrogen and oxygen atoms in total. The van der Waals surface area contributed by atoms with E-state index in [-0.39, 0.29) is 17.9 Å². The molecule has 2 aromatic carbocycles. The van der Waals surface area contributed by atoms with E-state index in [2.05, 4.69) is 34.3 Å². The highest BCUT2D eigenvalue weighted by Crippen LogP contribution is 2.28. The van der Waals surface area contributed by atoms with Gasteiger partial charge < -0.3 is 0 Å². The van der Waals surface area contributed by atoms with Crippen LogP contribution < -0.4 is 5.56 Å². The van der Waals surface area contributed by atoms with Crippen LogP contribution in [0.15, 0.2) is 71.8 Å². The van der Waals surface area contributed by atoms with Crippen molar-refractivity contribution in [3.05, 3.63) is 99.9 Å². The van der Waals surface area contributed by atoms with Gasteiger partial charge in [-0.1, -0.05) is 42.5 Å². The molecule has 0 atom stereocenters. The minimum Gasteiger partial charge on any atom is -0.299 e. The molecule has 2 aromatic heterocycles. The summed E-state index contributed by atoms with van der Waals surface area (Å²) in [4.78, 5) is 20.5. The predicted molar refractivity (Wildman–Crippen MR) is 107 cm³/mol. The summed E-state index contributed by atoms with van der Waals surface area (Å²) in [6, 6.07) is 14.9. The first-order valence-corrected chi connectivity index (χ1v) is 9.08. The van der Waals surface area contributed by atoms with Gasteiger partial charge in [-0.25, -0.2) is 14.4 Å². The molecule has 136 valence electrons. The molecular weight excluding hydrogens is 353 g/mol. The normalized spacial score (nSPS) is 12.5. The number of halogens is 1. The zero-order valence-electron chi connectivity index (χ0n) is 15.0. The van der Waals surface area contributed by atoms with Gasteiger partial charge in [0.05, 0.1) is 18.3 Å². The number of hydrogen-bond acceptors (Lipinski definition) is 3. The molecule has 1 aliphatic rings. The fourth-order valence-electron chi connectivity index (χ4n) is 3.63. The van der Waals surface area contributed by atoms with Crippen LogP contribution >= 0.6 is 0 Å². The Balaban J connectivity index is 1.52. The van der Waals surface area contributed by atoms with Gasteiger partial charge in [0.25, 0.3) is 5.56 Å². The standard InChI is InChI=1S/C23H16FN3O/c24-20-12-18(17-7-6-15-3-1-4-16(15)11-17)8-9-19(20)14-27-21-5-2-10-25-23(21)26-13-22(27)28/h1-3,5-13H,4,14H2. The average molecular weight is 369 g/mol. The molecule has 1 aliphatic carbocycles. The first-order chi connectivity index (χ1) is 13.7. The highest BCUT2D eigenvalue weighted by Gasteiger charge is 2.12. The minimum absolute atomic E-state index is 0.129. The first kappa shape index (κ1) is 16.6. The second-order valence-corrected chi connectivity index (χ2v) is 6.85. The lowest BCUT2D eigenvalue weighted by Crippen LogP contribution is -2.21. The van der Waals surface area contributed by atoms with Gasteiger partial charge in [0, 0.05) is 11.8 Å². The number of pyridine rings is 1. The lowest BCUT2D eigenvalue weighted by molar-refractivity contribution is 0.599. The van der Waals surface area contributed by atoms with Crippen LogP contribution in [0.4, 0.5) is 4.39 Å². The SMILES string of the molecule is O=c1cnc2ncccc2n1Cc1ccc(-c2ccc3c(c2)CC=C3)cc1F. The van der Waals surface area contributed by atoms with E-state index in [4.69, 9.17) is 0 Å². The number of hydrogen-bond donors (Lipinski definition) is 0. The quantitative estimate of drug-likeness (QED) is 0.543. The van der Waals surface area contributed by atoms with Crippen LogP contribution in [0.1, 0.15) is 16.7 Å². The van der Waals surface area contributed by atoms with E-state index < -0.39 is 0 Å². The second-order valence-electron chi connectivity index (χ2n) is 6.85. The van der Waals surface area contributed by atoms with E-state index in [1.54, 1.807) is 24.4 Å². The molecule has 0 unspecified atom stereocenters. The molecule has 0 saturated carbocycles. The number of nitrogens with zero attached hydrogens (tertiary/aromatic N) is 3. The average Bonchev–Trinajstić information content (AvgIpc) is 3.19. The molecular formula is C23H16FN3O. The van der Waals surface area contributed by atoms with Crippen molar-refractivity contribution in [2.24, 2.45) is 0 Å². The largest absolute Gasteiger partial charge is 0.299 e. The summed E-state index contributed by atoms with van der Waals surface area (Å²) in [5.41, 5.74) is 5.51. The summed E-state index contributed by atoms with van der Waals surface area (Å²) in [6.07, 6.45) is 7.99. The van der Waals surface area contributed by atoms with Gasteiger partial charge in [0.2, 0.25) is 0 Å². The fourth-order valence-corrected chi connectivity index (χ4v) is 3.63. The molecule has 0 bridgehead atoms. The molecule has 0 N–H and O–H groups in total. The summed E-state index contributed by atoms with van der Waals surface area (Å²) in [5, 5.41) is 0. The van der Waals surface area contributed by atoms with Gasteiger partial charge in [-0.15, -0.1) is 0 Å². The molecule has 0 amide bonds. The van der Waals surface area contributed by atoms with E-state index >= 15 is 0 Å². The Hall–Kier alpha value is -3.60. The Bertz CT molecular complexity index is 1310. The van der Waals surface area contributed by atoms with Crippen LogP contribution in [0.2, 0.25) is 0 Å². The highest BCUT2D eigenvalue weighted by molar-refractivity contribution is 5.71. The van der Waals surface area contributed by atoms with Gasteiger partial charge in [0.1, 0.15) is 5.82 Å². The molecule has 0 fully saturated rings. The van der Waals surface area contributed by atoms with Gasteiger partial charge in [-0.3, -0.25) is 9.36 Å². The van der Waals surface area contributed by atoms with Gasteiger partial charge in [-0.2, -0.15) is 0 Å². The van der Waals surface area contributed by atoms with Crippen LogP contribution in [-0.2, 0) is 13.0 Å². The van der Waals surface area contributed by atoms with Crippen LogP contribution in [-0.4, -0.2) is 14.5 Å². The van der Waals surface area contributed by atoms with Gasteiger partial charge >= 0.3 is 0 Å². The monoisotopic (exact) mass is 369 g/mol. The van der Waals surface area contributed by atoms with Crippen molar-refractivity contribution in [1.82, 2.24) is 14.5 Å². The van der Waals surface area contributed by atoms with Crippen LogP contribution in [0.5, 0.6) is 0 Å². The van der Waals surface area contributed by atoms with Crippen LogP contribution in [0.25, 0.3) is 28.4 Å². The van der Waals surface area contributed by atoms with Crippen molar-refractivity contribution in [3.63, 3.8) is 0 Å². The molecule has 5 heteroatoms. The smallest absolute Gasteiger partial charge is 0.269 e. The van der Waals surface area contributed by atoms with Crippen molar-refractivity contribution in [3.8, 4) is 11.1 Å². The molecule has 28 heavy (non-hydrogen) atoms. The topological polar surface area (TPSA) is 47.8 Å². The third-order valence-electron chi connectivity index (χ3n) is 5.11. The fraction of sp³-hybridized carbons (Fsp3) is 0.0870. The number of fused-ring (bicyclic) bond motifs is 2. The lowest BCUT2D eigenvalue weighted by atomic mass is 9.99. The van der Waals surface area contributed by atoms with Crippen molar-refractivity contribution < 1.29 is 4.39 Å². The number of benzene rings is 2. The van der Waals surface area contributed by atoms with Crippen molar-refractivity contribution >= 4 is 17.2 Å². The van der Waals surface area contributed by atoms with E-state index in [0.29, 0.717) is 16.7 Å². The molecule has 5 rings (SSSR count). The third kappa shape index (κ3) is 2.81. The maximum atomic E-state index is 14.9. The maximum absolute atomic E-state index is 14.9. The number of aromatic nitrogens is 3. The predicted octanol–water partition coefficient (Wildman–Crippen LogP) is 4.22. The maximum Gasteiger partial charge on any atom is 0.269 e. The summed E-state index contributed by atoms with van der Waals surface area (Å²) >= 11 is 0. The van der Waals surface area contributed by atoms with E-state index in [1.807, 2.05) is 12.1 Å². The van der Waals surface area contributed by atoms with E-state index in [0.717, 1.165) is 17.5 Å². The Morgan fingerprint density at radius 3 is 2.79 bits per heavy atom. The van der Waals surface area contributed by atoms with Crippen molar-refractivity contribution in [2.45, 2.75) is 13.0 Å². The highest BCUT2D eigenvalue weighted by atomic mass is 19.1. The zero-order chi connectivity index (χ0) is 19.1. The lowest BCUT2D eigenvalue weighted by Gasteiger charge is -2.11. The Morgan fingerprint density at radius 2 is 1.89 bits per heavy atom. The Labute approximate surface area is 160 Å². The van der Waals surface area contributed by atoms with E-state index in [9.17, 15) is 9.18 Å². The first-order valence-electron chi connectivity index (χ1n) is 9.08. The molecule has 0 aliphatic heterocycles. The molecule has 0 radical (unpaired) electrons. The zero-order valence-corrected chi connectivity index (χ0v) is 15.0. The third-order valence-corrected chi connectivity index (χ3v) is 5.11. The Morgan fingerprint density at radius 1 is 1.04 bits per heavy atom. The number of allylic oxidation sites excluding steroid dienone is 1. The summed E-state index contributed by atoms with van der Waals surface area (Å²) < 4.78 is 16.4. The molecule has 0 saturated heterocycles. The Kier molecular flexibility index (Phi) is 3.86. The summed E-state index contributed by atoms with van der Waals surface area (Å²) in [6.45, 7) is 0.129. The number of rotatable bonds is 3. The van der Waals surface area contributed by atoms with Gasteiger partial charge in [-0.05, 0) is 46.9 Å². The molecule has 4 aromatic rings. The molecule has 2 heterocycles. The minimum atomic E-state index is -0.336. The van der Waals surface area contributed by atoms with E-state index in [1.165, 1.54) is 28.0 Å². The molecule has 0 spiro atoms. The van der Waals surface area contributed by atoms with Crippen molar-refractivity contribution in [1.29, 1.82) is 0 Å². The van der Waals surface area contributed by atoms with Crippen LogP contribution in [0.3, 0.4) is 0 Å². The summed E-state index contributed by atoms with van der Waals surface area (Å²) in [5.74, 6) is -0.336. The second kappa shape index (κ2) is 6.53. The summed E-state index contributed by atoms with van der Waals surface area (Å²) in [7, 11) is 0.